The summed E-state index contributed by atoms with van der Waals surface area (Å²) in [6.07, 6.45) is 3.70. The van der Waals surface area contributed by atoms with E-state index in [1.54, 1.807) is 23.1 Å². The standard InChI is InChI=1S/C21H22N6O2/c1-26-8-7-17-14(11-26)10-22-19(23-17)13-6-9-27(12-13)21(29)18-15-4-2-3-5-16(15)20(28)25-24-18/h2-5,10,13H,6-9,11-12H2,1H3,(H,25,28). The molecule has 0 radical (unpaired) electrons. The molecule has 1 atom stereocenters. The minimum atomic E-state index is -0.287. The largest absolute Gasteiger partial charge is 0.336 e. The summed E-state index contributed by atoms with van der Waals surface area (Å²) in [4.78, 5) is 38.6. The maximum atomic E-state index is 13.1. The van der Waals surface area contributed by atoms with Gasteiger partial charge in [0.15, 0.2) is 5.69 Å². The van der Waals surface area contributed by atoms with Crippen LogP contribution in [-0.2, 0) is 13.0 Å². The fourth-order valence-electron chi connectivity index (χ4n) is 4.25. The average Bonchev–Trinajstić information content (AvgIpc) is 3.24. The molecule has 0 spiro atoms. The van der Waals surface area contributed by atoms with Gasteiger partial charge >= 0.3 is 0 Å². The number of amides is 1. The van der Waals surface area contributed by atoms with Crippen LogP contribution < -0.4 is 5.56 Å². The van der Waals surface area contributed by atoms with Crippen LogP contribution in [0.2, 0.25) is 0 Å². The molecular weight excluding hydrogens is 368 g/mol. The second kappa shape index (κ2) is 7.04. The summed E-state index contributed by atoms with van der Waals surface area (Å²) >= 11 is 0. The molecule has 1 aromatic carbocycles. The van der Waals surface area contributed by atoms with Gasteiger partial charge in [0.1, 0.15) is 5.82 Å². The van der Waals surface area contributed by atoms with Crippen LogP contribution in [0.25, 0.3) is 10.8 Å². The fraction of sp³-hybridized carbons (Fsp3) is 0.381. The first-order valence-electron chi connectivity index (χ1n) is 9.90. The normalized spacial score (nSPS) is 19.5. The number of H-pyrrole nitrogens is 1. The Morgan fingerprint density at radius 2 is 2.03 bits per heavy atom. The Morgan fingerprint density at radius 1 is 1.21 bits per heavy atom. The van der Waals surface area contributed by atoms with E-state index in [9.17, 15) is 9.59 Å². The summed E-state index contributed by atoms with van der Waals surface area (Å²) in [7, 11) is 2.10. The molecule has 0 aliphatic carbocycles. The van der Waals surface area contributed by atoms with Crippen LogP contribution in [-0.4, -0.2) is 62.6 Å². The lowest BCUT2D eigenvalue weighted by Crippen LogP contribution is -2.31. The Balaban J connectivity index is 1.38. The van der Waals surface area contributed by atoms with Crippen molar-refractivity contribution in [1.29, 1.82) is 0 Å². The predicted octanol–water partition coefficient (Wildman–Crippen LogP) is 1.33. The maximum absolute atomic E-state index is 13.1. The minimum absolute atomic E-state index is 0.123. The molecule has 4 heterocycles. The van der Waals surface area contributed by atoms with E-state index in [2.05, 4.69) is 27.1 Å². The topological polar surface area (TPSA) is 95.1 Å². The Morgan fingerprint density at radius 3 is 2.90 bits per heavy atom. The summed E-state index contributed by atoms with van der Waals surface area (Å²) in [6.45, 7) is 3.08. The van der Waals surface area contributed by atoms with Gasteiger partial charge in [0.2, 0.25) is 0 Å². The van der Waals surface area contributed by atoms with Gasteiger partial charge in [-0.15, -0.1) is 0 Å². The van der Waals surface area contributed by atoms with E-state index >= 15 is 0 Å². The number of benzene rings is 1. The van der Waals surface area contributed by atoms with Crippen molar-refractivity contribution >= 4 is 16.7 Å². The van der Waals surface area contributed by atoms with Crippen molar-refractivity contribution in [2.45, 2.75) is 25.3 Å². The van der Waals surface area contributed by atoms with Crippen LogP contribution in [0.1, 0.15) is 39.9 Å². The van der Waals surface area contributed by atoms with Gasteiger partial charge in [-0.2, -0.15) is 5.10 Å². The molecule has 1 fully saturated rings. The first-order chi connectivity index (χ1) is 14.1. The number of rotatable bonds is 2. The highest BCUT2D eigenvalue weighted by atomic mass is 16.2. The first kappa shape index (κ1) is 17.9. The Kier molecular flexibility index (Phi) is 4.35. The van der Waals surface area contributed by atoms with Gasteiger partial charge in [0, 0.05) is 61.4 Å². The van der Waals surface area contributed by atoms with Crippen LogP contribution in [0.5, 0.6) is 0 Å². The zero-order valence-electron chi connectivity index (χ0n) is 16.3. The lowest BCUT2D eigenvalue weighted by Gasteiger charge is -2.24. The van der Waals surface area contributed by atoms with E-state index in [0.29, 0.717) is 23.9 Å². The maximum Gasteiger partial charge on any atom is 0.274 e. The first-order valence-corrected chi connectivity index (χ1v) is 9.90. The number of likely N-dealkylation sites (tertiary alicyclic amines) is 1. The van der Waals surface area contributed by atoms with Crippen molar-refractivity contribution in [3.05, 3.63) is 63.6 Å². The Labute approximate surface area is 167 Å². The van der Waals surface area contributed by atoms with Crippen LogP contribution in [0.4, 0.5) is 0 Å². The van der Waals surface area contributed by atoms with Gasteiger partial charge in [0.25, 0.3) is 11.5 Å². The highest BCUT2D eigenvalue weighted by Gasteiger charge is 2.32. The number of nitrogens with zero attached hydrogens (tertiary/aromatic N) is 5. The molecule has 0 bridgehead atoms. The van der Waals surface area contributed by atoms with E-state index in [1.165, 1.54) is 5.56 Å². The molecule has 0 saturated carbocycles. The van der Waals surface area contributed by atoms with Gasteiger partial charge in [0.05, 0.1) is 5.39 Å². The van der Waals surface area contributed by atoms with Crippen LogP contribution in [0, 0.1) is 0 Å². The van der Waals surface area contributed by atoms with Crippen molar-refractivity contribution in [3.8, 4) is 0 Å². The summed E-state index contributed by atoms with van der Waals surface area (Å²) in [5.74, 6) is 0.778. The fourth-order valence-corrected chi connectivity index (χ4v) is 4.25. The number of carbonyl (C=O) groups excluding carboxylic acids is 1. The van der Waals surface area contributed by atoms with Crippen molar-refractivity contribution in [3.63, 3.8) is 0 Å². The van der Waals surface area contributed by atoms with Crippen molar-refractivity contribution < 1.29 is 4.79 Å². The molecule has 3 aromatic rings. The van der Waals surface area contributed by atoms with E-state index in [4.69, 9.17) is 4.98 Å². The SMILES string of the molecule is CN1CCc2nc(C3CCN(C(=O)c4n[nH]c(=O)c5ccccc45)C3)ncc2C1. The van der Waals surface area contributed by atoms with Gasteiger partial charge < -0.3 is 9.80 Å². The quantitative estimate of drug-likeness (QED) is 0.709. The van der Waals surface area contributed by atoms with Gasteiger partial charge in [-0.05, 0) is 19.5 Å². The van der Waals surface area contributed by atoms with Crippen molar-refractivity contribution in [2.75, 3.05) is 26.7 Å². The molecule has 2 aliphatic rings. The third kappa shape index (κ3) is 3.19. The van der Waals surface area contributed by atoms with E-state index in [0.717, 1.165) is 37.4 Å². The number of hydrogen-bond donors (Lipinski definition) is 1. The summed E-state index contributed by atoms with van der Waals surface area (Å²) < 4.78 is 0. The third-order valence-electron chi connectivity index (χ3n) is 5.88. The van der Waals surface area contributed by atoms with E-state index < -0.39 is 0 Å². The van der Waals surface area contributed by atoms with Crippen LogP contribution in [0.15, 0.2) is 35.3 Å². The van der Waals surface area contributed by atoms with Gasteiger partial charge in [-0.1, -0.05) is 18.2 Å². The molecule has 29 heavy (non-hydrogen) atoms. The number of fused-ring (bicyclic) bond motifs is 2. The van der Waals surface area contributed by atoms with Crippen LogP contribution >= 0.6 is 0 Å². The van der Waals surface area contributed by atoms with E-state index in [-0.39, 0.29) is 23.1 Å². The van der Waals surface area contributed by atoms with E-state index in [1.807, 2.05) is 12.3 Å². The molecular formula is C21H22N6O2. The number of aromatic amines is 1. The number of nitrogens with one attached hydrogen (secondary N) is 1. The molecule has 1 unspecified atom stereocenters. The number of hydrogen-bond acceptors (Lipinski definition) is 6. The molecule has 1 N–H and O–H groups in total. The highest BCUT2D eigenvalue weighted by Crippen LogP contribution is 2.28. The van der Waals surface area contributed by atoms with Crippen molar-refractivity contribution in [1.82, 2.24) is 30.0 Å². The predicted molar refractivity (Wildman–Crippen MR) is 108 cm³/mol. The molecule has 1 amide bonds. The second-order valence-electron chi connectivity index (χ2n) is 7.87. The molecule has 8 heteroatoms. The Bertz CT molecular complexity index is 1160. The third-order valence-corrected chi connectivity index (χ3v) is 5.88. The zero-order chi connectivity index (χ0) is 20.0. The van der Waals surface area contributed by atoms with Crippen molar-refractivity contribution in [2.24, 2.45) is 0 Å². The monoisotopic (exact) mass is 390 g/mol. The summed E-state index contributed by atoms with van der Waals surface area (Å²) in [5, 5.41) is 7.55. The van der Waals surface area contributed by atoms with Crippen LogP contribution in [0.3, 0.4) is 0 Å². The molecule has 2 aliphatic heterocycles. The lowest BCUT2D eigenvalue weighted by atomic mass is 10.1. The van der Waals surface area contributed by atoms with Gasteiger partial charge in [-0.3, -0.25) is 9.59 Å². The molecule has 1 saturated heterocycles. The number of carbonyl (C=O) groups is 1. The number of aromatic nitrogens is 4. The molecule has 5 rings (SSSR count). The second-order valence-corrected chi connectivity index (χ2v) is 7.87. The molecule has 8 nitrogen and oxygen atoms in total. The minimum Gasteiger partial charge on any atom is -0.336 e. The summed E-state index contributed by atoms with van der Waals surface area (Å²) in [6, 6.07) is 7.06. The highest BCUT2D eigenvalue weighted by molar-refractivity contribution is 6.04. The smallest absolute Gasteiger partial charge is 0.274 e. The average molecular weight is 390 g/mol. The zero-order valence-corrected chi connectivity index (χ0v) is 16.3. The van der Waals surface area contributed by atoms with Gasteiger partial charge in [-0.25, -0.2) is 15.1 Å². The number of likely N-dealkylation sites (N-methyl/N-ethyl adjacent to an activating group) is 1. The summed E-state index contributed by atoms with van der Waals surface area (Å²) in [5.41, 5.74) is 2.32. The lowest BCUT2D eigenvalue weighted by molar-refractivity contribution is 0.0785. The Hall–Kier alpha value is -3.13. The molecule has 2 aromatic heterocycles. The molecule has 148 valence electrons.